The van der Waals surface area contributed by atoms with Crippen molar-refractivity contribution in [2.75, 3.05) is 7.05 Å². The maximum atomic E-state index is 4.42. The molecule has 1 aromatic carbocycles. The molecule has 0 saturated carbocycles. The Bertz CT molecular complexity index is 758. The molecule has 0 radical (unpaired) electrons. The van der Waals surface area contributed by atoms with Gasteiger partial charge in [0.15, 0.2) is 0 Å². The number of benzene rings is 1. The van der Waals surface area contributed by atoms with E-state index < -0.39 is 0 Å². The van der Waals surface area contributed by atoms with Crippen LogP contribution in [0, 0.1) is 30.6 Å². The highest BCUT2D eigenvalue weighted by Crippen LogP contribution is 2.28. The average Bonchev–Trinajstić information content (AvgIpc) is 2.74. The predicted octanol–water partition coefficient (Wildman–Crippen LogP) is 8.24. The number of nitrogens with zero attached hydrogens (tertiary/aromatic N) is 1. The average molecular weight is 408 g/mol. The lowest BCUT2D eigenvalue weighted by Crippen LogP contribution is -2.28. The van der Waals surface area contributed by atoms with E-state index in [0.29, 0.717) is 12.0 Å². The summed E-state index contributed by atoms with van der Waals surface area (Å²) in [5.41, 5.74) is 6.03. The predicted molar refractivity (Wildman–Crippen MR) is 135 cm³/mol. The number of hydrogen-bond acceptors (Lipinski definition) is 1. The highest BCUT2D eigenvalue weighted by Gasteiger charge is 2.18. The first-order valence-corrected chi connectivity index (χ1v) is 11.9. The smallest absolute Gasteiger partial charge is 0.0469 e. The minimum atomic E-state index is 0.356. The van der Waals surface area contributed by atoms with Gasteiger partial charge in [0.2, 0.25) is 0 Å². The molecule has 2 unspecified atom stereocenters. The van der Waals surface area contributed by atoms with E-state index in [1.54, 1.807) is 0 Å². The molecular weight excluding hydrogens is 362 g/mol. The molecule has 0 heterocycles. The van der Waals surface area contributed by atoms with Crippen molar-refractivity contribution in [3.8, 4) is 11.8 Å². The third kappa shape index (κ3) is 7.71. The molecule has 1 aromatic rings. The monoisotopic (exact) mass is 407 g/mol. The molecule has 0 fully saturated rings. The molecule has 0 spiro atoms. The first kappa shape index (κ1) is 26.1. The van der Waals surface area contributed by atoms with E-state index in [9.17, 15) is 0 Å². The summed E-state index contributed by atoms with van der Waals surface area (Å²) >= 11 is 0. The Morgan fingerprint density at radius 2 is 1.87 bits per heavy atom. The van der Waals surface area contributed by atoms with Crippen LogP contribution in [0.3, 0.4) is 0 Å². The van der Waals surface area contributed by atoms with Gasteiger partial charge >= 0.3 is 0 Å². The summed E-state index contributed by atoms with van der Waals surface area (Å²) in [6, 6.07) is 6.85. The zero-order valence-electron chi connectivity index (χ0n) is 20.9. The quantitative estimate of drug-likeness (QED) is 0.191. The first-order chi connectivity index (χ1) is 14.3. The van der Waals surface area contributed by atoms with Gasteiger partial charge in [-0.15, -0.1) is 5.92 Å². The van der Waals surface area contributed by atoms with Crippen LogP contribution in [0.25, 0.3) is 5.70 Å². The fraction of sp³-hybridized carbons (Fsp3) is 0.586. The highest BCUT2D eigenvalue weighted by molar-refractivity contribution is 5.65. The van der Waals surface area contributed by atoms with Crippen LogP contribution in [0.1, 0.15) is 96.8 Å². The molecule has 30 heavy (non-hydrogen) atoms. The molecule has 0 N–H and O–H groups in total. The third-order valence-electron chi connectivity index (χ3n) is 6.71. The summed E-state index contributed by atoms with van der Waals surface area (Å²) in [7, 11) is 2.17. The van der Waals surface area contributed by atoms with Crippen LogP contribution in [0.4, 0.5) is 0 Å². The van der Waals surface area contributed by atoms with Crippen molar-refractivity contribution in [2.45, 2.75) is 93.0 Å². The Labute approximate surface area is 187 Å². The molecule has 166 valence electrons. The lowest BCUT2D eigenvalue weighted by molar-refractivity contribution is 0.372. The van der Waals surface area contributed by atoms with Gasteiger partial charge in [-0.2, -0.15) is 0 Å². The van der Waals surface area contributed by atoms with Crippen LogP contribution in [0.15, 0.2) is 36.4 Å². The highest BCUT2D eigenvalue weighted by atomic mass is 15.1. The molecule has 0 bridgehead atoms. The van der Waals surface area contributed by atoms with Gasteiger partial charge in [-0.3, -0.25) is 0 Å². The molecule has 0 aliphatic heterocycles. The maximum absolute atomic E-state index is 4.42. The fourth-order valence-electron chi connectivity index (χ4n) is 4.03. The van der Waals surface area contributed by atoms with E-state index in [-0.39, 0.29) is 0 Å². The Hall–Kier alpha value is -1.94. The standard InChI is InChI=1S/C29H45N/c1-10-13-14-15-17-22(4)25(7)24(6)20-29(12-3)30(9)26(8)28-19-18-23(5)27(21-28)16-11-2/h18-22,25,29H,8,10,12-15,17H2,1-7,9H3/b24-20-/t22-,25?,29?/m0/s1. The van der Waals surface area contributed by atoms with E-state index in [2.05, 4.69) is 96.2 Å². The molecular formula is C29H45N. The van der Waals surface area contributed by atoms with E-state index >= 15 is 0 Å². The number of rotatable bonds is 12. The number of aryl methyl sites for hydroxylation is 1. The second kappa shape index (κ2) is 13.4. The summed E-state index contributed by atoms with van der Waals surface area (Å²) in [5, 5.41) is 0. The topological polar surface area (TPSA) is 3.24 Å². The minimum Gasteiger partial charge on any atom is -0.368 e. The third-order valence-corrected chi connectivity index (χ3v) is 6.71. The molecule has 1 nitrogen and oxygen atoms in total. The lowest BCUT2D eigenvalue weighted by Gasteiger charge is -2.31. The van der Waals surface area contributed by atoms with Gasteiger partial charge in [0, 0.05) is 24.4 Å². The summed E-state index contributed by atoms with van der Waals surface area (Å²) in [5.74, 6) is 7.59. The second-order valence-electron chi connectivity index (χ2n) is 8.96. The zero-order chi connectivity index (χ0) is 22.7. The van der Waals surface area contributed by atoms with E-state index in [1.807, 2.05) is 6.92 Å². The van der Waals surface area contributed by atoms with Gasteiger partial charge in [0.05, 0.1) is 0 Å². The number of unbranched alkanes of at least 4 members (excludes halogenated alkanes) is 3. The Balaban J connectivity index is 2.90. The maximum Gasteiger partial charge on any atom is 0.0469 e. The number of allylic oxidation sites excluding steroid dienone is 1. The summed E-state index contributed by atoms with van der Waals surface area (Å²) < 4.78 is 0. The van der Waals surface area contributed by atoms with Crippen molar-refractivity contribution in [1.29, 1.82) is 0 Å². The Morgan fingerprint density at radius 1 is 1.17 bits per heavy atom. The van der Waals surface area contributed by atoms with Crippen LogP contribution in [-0.2, 0) is 0 Å². The zero-order valence-corrected chi connectivity index (χ0v) is 20.9. The van der Waals surface area contributed by atoms with Crippen LogP contribution in [0.5, 0.6) is 0 Å². The van der Waals surface area contributed by atoms with Gasteiger partial charge in [-0.05, 0) is 56.2 Å². The van der Waals surface area contributed by atoms with Crippen molar-refractivity contribution >= 4 is 5.70 Å². The summed E-state index contributed by atoms with van der Waals surface area (Å²) in [6.45, 7) is 20.1. The molecule has 0 aliphatic rings. The van der Waals surface area contributed by atoms with Gasteiger partial charge in [-0.25, -0.2) is 0 Å². The van der Waals surface area contributed by atoms with Crippen LogP contribution in [-0.4, -0.2) is 18.0 Å². The van der Waals surface area contributed by atoms with E-state index in [0.717, 1.165) is 29.2 Å². The summed E-state index contributed by atoms with van der Waals surface area (Å²) in [6.07, 6.45) is 10.3. The largest absolute Gasteiger partial charge is 0.368 e. The van der Waals surface area contributed by atoms with Crippen LogP contribution >= 0.6 is 0 Å². The van der Waals surface area contributed by atoms with Crippen molar-refractivity contribution in [3.63, 3.8) is 0 Å². The van der Waals surface area contributed by atoms with E-state index in [4.69, 9.17) is 0 Å². The van der Waals surface area contributed by atoms with Gasteiger partial charge < -0.3 is 4.90 Å². The number of hydrogen-bond donors (Lipinski definition) is 0. The fourth-order valence-corrected chi connectivity index (χ4v) is 4.03. The molecule has 0 saturated heterocycles. The molecule has 3 atom stereocenters. The van der Waals surface area contributed by atoms with E-state index in [1.165, 1.54) is 43.2 Å². The van der Waals surface area contributed by atoms with Crippen molar-refractivity contribution in [2.24, 2.45) is 11.8 Å². The molecule has 1 heteroatoms. The molecule has 0 aromatic heterocycles. The van der Waals surface area contributed by atoms with Crippen LogP contribution < -0.4 is 0 Å². The van der Waals surface area contributed by atoms with Crippen molar-refractivity contribution < 1.29 is 0 Å². The SMILES string of the molecule is C=C(c1ccc(C)c(C#CC)c1)N(C)C(/C=C(/C)C(C)[C@@H](C)CCCCCC)CC. The number of likely N-dealkylation sites (N-methyl/N-ethyl adjacent to an activating group) is 1. The van der Waals surface area contributed by atoms with Crippen molar-refractivity contribution in [3.05, 3.63) is 53.1 Å². The Kier molecular flexibility index (Phi) is 11.6. The van der Waals surface area contributed by atoms with Crippen molar-refractivity contribution in [1.82, 2.24) is 4.90 Å². The van der Waals surface area contributed by atoms with Gasteiger partial charge in [0.1, 0.15) is 0 Å². The minimum absolute atomic E-state index is 0.356. The molecule has 0 amide bonds. The normalized spacial score (nSPS) is 14.5. The van der Waals surface area contributed by atoms with Crippen LogP contribution in [0.2, 0.25) is 0 Å². The first-order valence-electron chi connectivity index (χ1n) is 11.9. The summed E-state index contributed by atoms with van der Waals surface area (Å²) in [4.78, 5) is 2.33. The molecule has 0 aliphatic carbocycles. The molecule has 1 rings (SSSR count). The van der Waals surface area contributed by atoms with Gasteiger partial charge in [0.25, 0.3) is 0 Å². The Morgan fingerprint density at radius 3 is 2.47 bits per heavy atom. The lowest BCUT2D eigenvalue weighted by atomic mass is 9.84. The second-order valence-corrected chi connectivity index (χ2v) is 8.96. The van der Waals surface area contributed by atoms with Gasteiger partial charge in [-0.1, -0.05) is 96.1 Å².